The van der Waals surface area contributed by atoms with Crippen LogP contribution in [-0.2, 0) is 10.3 Å². The van der Waals surface area contributed by atoms with E-state index in [1.807, 2.05) is 40.0 Å². The number of carbonyl (C=O) groups is 2. The molecule has 2 fully saturated rings. The van der Waals surface area contributed by atoms with Gasteiger partial charge in [0.2, 0.25) is 0 Å². The zero-order valence-electron chi connectivity index (χ0n) is 28.2. The Morgan fingerprint density at radius 3 is 2.24 bits per heavy atom. The number of carboxylic acid groups (broad SMARTS) is 1. The number of benzene rings is 4. The van der Waals surface area contributed by atoms with Crippen molar-refractivity contribution in [1.82, 2.24) is 29.7 Å². The minimum Gasteiger partial charge on any atom is -0.465 e. The van der Waals surface area contributed by atoms with E-state index in [9.17, 15) is 14.7 Å². The van der Waals surface area contributed by atoms with Crippen LogP contribution in [0, 0.1) is 0 Å². The average Bonchev–Trinajstić information content (AvgIpc) is 3.81. The van der Waals surface area contributed by atoms with Gasteiger partial charge in [-0.05, 0) is 105 Å². The largest absolute Gasteiger partial charge is 0.465 e. The average molecular weight is 657 g/mol. The van der Waals surface area contributed by atoms with Gasteiger partial charge in [0.1, 0.15) is 22.8 Å². The lowest BCUT2D eigenvalue weighted by molar-refractivity contribution is -0.0212. The van der Waals surface area contributed by atoms with E-state index in [1.54, 1.807) is 4.90 Å². The predicted octanol–water partition coefficient (Wildman–Crippen LogP) is 8.99. The Kier molecular flexibility index (Phi) is 7.17. The fourth-order valence-corrected chi connectivity index (χ4v) is 7.45. The number of amides is 2. The second-order valence-electron chi connectivity index (χ2n) is 14.5. The molecule has 2 aliphatic rings. The molecule has 0 radical (unpaired) electrons. The maximum atomic E-state index is 13.0. The Balaban J connectivity index is 1.04. The summed E-state index contributed by atoms with van der Waals surface area (Å²) in [6.45, 7) is 6.18. The third-order valence-electron chi connectivity index (χ3n) is 10.3. The summed E-state index contributed by atoms with van der Waals surface area (Å²) in [5.41, 5.74) is 6.92. The Hall–Kier alpha value is -5.38. The van der Waals surface area contributed by atoms with Gasteiger partial charge in [-0.3, -0.25) is 9.80 Å². The van der Waals surface area contributed by atoms with Gasteiger partial charge in [-0.1, -0.05) is 48.5 Å². The Bertz CT molecular complexity index is 2240. The number of hydrogen-bond donors (Lipinski definition) is 3. The quantitative estimate of drug-likeness (QED) is 0.170. The molecule has 4 aromatic carbocycles. The molecule has 10 heteroatoms. The van der Waals surface area contributed by atoms with Crippen molar-refractivity contribution in [3.05, 3.63) is 84.4 Å². The van der Waals surface area contributed by atoms with Crippen LogP contribution >= 0.6 is 0 Å². The number of nitrogens with zero attached hydrogens (tertiary/aromatic N) is 4. The summed E-state index contributed by atoms with van der Waals surface area (Å²) in [6, 6.07) is 25.1. The Labute approximate surface area is 284 Å². The zero-order valence-corrected chi connectivity index (χ0v) is 28.2. The fourth-order valence-electron chi connectivity index (χ4n) is 7.45. The molecule has 6 aromatic rings. The van der Waals surface area contributed by atoms with Gasteiger partial charge in [0, 0.05) is 19.0 Å². The van der Waals surface area contributed by atoms with Crippen LogP contribution in [0.3, 0.4) is 0 Å². The molecule has 1 unspecified atom stereocenters. The summed E-state index contributed by atoms with van der Waals surface area (Å²) < 4.78 is 5.69. The van der Waals surface area contributed by atoms with Crippen molar-refractivity contribution >= 4 is 45.0 Å². The van der Waals surface area contributed by atoms with Crippen LogP contribution in [0.1, 0.15) is 70.6 Å². The molecule has 1 aliphatic carbocycles. The molecule has 1 saturated carbocycles. The second-order valence-corrected chi connectivity index (χ2v) is 14.5. The summed E-state index contributed by atoms with van der Waals surface area (Å²) in [6.07, 6.45) is 3.08. The van der Waals surface area contributed by atoms with E-state index in [-0.39, 0.29) is 12.1 Å². The molecule has 3 heterocycles. The predicted molar refractivity (Wildman–Crippen MR) is 190 cm³/mol. The maximum Gasteiger partial charge on any atom is 0.410 e. The summed E-state index contributed by atoms with van der Waals surface area (Å²) in [7, 11) is 1.81. The van der Waals surface area contributed by atoms with Gasteiger partial charge in [-0.25, -0.2) is 19.6 Å². The summed E-state index contributed by atoms with van der Waals surface area (Å²) in [4.78, 5) is 44.6. The zero-order chi connectivity index (χ0) is 34.1. The fraction of sp³-hybridized carbons (Fsp3) is 0.333. The summed E-state index contributed by atoms with van der Waals surface area (Å²) >= 11 is 0. The van der Waals surface area contributed by atoms with E-state index in [4.69, 9.17) is 14.7 Å². The van der Waals surface area contributed by atoms with Crippen molar-refractivity contribution in [2.45, 2.75) is 70.1 Å². The molecule has 1 saturated heterocycles. The van der Waals surface area contributed by atoms with Crippen LogP contribution in [0.4, 0.5) is 9.59 Å². The number of nitrogens with one attached hydrogen (secondary N) is 2. The van der Waals surface area contributed by atoms with Crippen LogP contribution in [0.2, 0.25) is 0 Å². The number of imidazole rings is 2. The first kappa shape index (κ1) is 30.9. The molecular formula is C39H40N6O4. The van der Waals surface area contributed by atoms with Crippen LogP contribution in [0.5, 0.6) is 0 Å². The van der Waals surface area contributed by atoms with Crippen molar-refractivity contribution in [2.75, 3.05) is 13.6 Å². The third kappa shape index (κ3) is 5.35. The molecule has 3 N–H and O–H groups in total. The van der Waals surface area contributed by atoms with Crippen LogP contribution in [0.25, 0.3) is 55.1 Å². The SMILES string of the molecule is CN(C(=O)OC(C)(C)C)C1(c2nc3ccc(-c4ccc(-c5ccc6c(ccc7[nH]c(C8CCCN8C(=O)O)nc76)c5)cc4)cc3[nH]2)CCC1. The highest BCUT2D eigenvalue weighted by Gasteiger charge is 2.48. The van der Waals surface area contributed by atoms with E-state index in [0.29, 0.717) is 12.4 Å². The molecule has 0 spiro atoms. The number of carbonyl (C=O) groups excluding carboxylic acids is 1. The normalized spacial score (nSPS) is 17.5. The standard InChI is InChI=1S/C39H40N6O4/c1-38(2,3)49-37(48)44(4)39(18-6-19-39)35-41-29-16-13-26(22-31(29)42-35)24-10-8-23(9-11-24)25-12-15-28-27(21-25)14-17-30-33(28)43-34(40-30)32-7-5-20-45(32)36(46)47/h8-17,21-22,32H,5-7,18-20H2,1-4H3,(H,40,43)(H,41,42)(H,46,47). The molecule has 2 amide bonds. The van der Waals surface area contributed by atoms with E-state index in [1.165, 1.54) is 4.90 Å². The lowest BCUT2D eigenvalue weighted by atomic mass is 9.75. The third-order valence-corrected chi connectivity index (χ3v) is 10.3. The van der Waals surface area contributed by atoms with Crippen molar-refractivity contribution in [2.24, 2.45) is 0 Å². The highest BCUT2D eigenvalue weighted by Crippen LogP contribution is 2.46. The first-order valence-electron chi connectivity index (χ1n) is 17.0. The number of likely N-dealkylation sites (tertiary alicyclic amines) is 1. The molecule has 10 nitrogen and oxygen atoms in total. The first-order valence-corrected chi connectivity index (χ1v) is 17.0. The number of ether oxygens (including phenoxy) is 1. The van der Waals surface area contributed by atoms with E-state index >= 15 is 0 Å². The van der Waals surface area contributed by atoms with Gasteiger partial charge in [0.05, 0.1) is 28.1 Å². The highest BCUT2D eigenvalue weighted by atomic mass is 16.6. The number of aromatic amines is 2. The minimum atomic E-state index is -0.901. The topological polar surface area (TPSA) is 127 Å². The molecule has 250 valence electrons. The van der Waals surface area contributed by atoms with Gasteiger partial charge >= 0.3 is 12.2 Å². The van der Waals surface area contributed by atoms with Gasteiger partial charge in [-0.15, -0.1) is 0 Å². The van der Waals surface area contributed by atoms with Gasteiger partial charge in [0.15, 0.2) is 0 Å². The van der Waals surface area contributed by atoms with Crippen molar-refractivity contribution < 1.29 is 19.4 Å². The lowest BCUT2D eigenvalue weighted by Crippen LogP contribution is -2.53. The van der Waals surface area contributed by atoms with Crippen LogP contribution < -0.4 is 0 Å². The molecule has 0 bridgehead atoms. The van der Waals surface area contributed by atoms with Crippen LogP contribution in [0.15, 0.2) is 72.8 Å². The molecule has 49 heavy (non-hydrogen) atoms. The number of hydrogen-bond acceptors (Lipinski definition) is 5. The maximum absolute atomic E-state index is 13.0. The van der Waals surface area contributed by atoms with E-state index in [0.717, 1.165) is 93.0 Å². The number of fused-ring (bicyclic) bond motifs is 4. The summed E-state index contributed by atoms with van der Waals surface area (Å²) in [5, 5.41) is 11.7. The molecule has 1 aliphatic heterocycles. The molecule has 8 rings (SSSR count). The van der Waals surface area contributed by atoms with Gasteiger partial charge in [-0.2, -0.15) is 0 Å². The molecule has 1 atom stereocenters. The van der Waals surface area contributed by atoms with Crippen LogP contribution in [-0.4, -0.2) is 66.2 Å². The number of rotatable bonds is 5. The minimum absolute atomic E-state index is 0.237. The van der Waals surface area contributed by atoms with Crippen molar-refractivity contribution in [3.8, 4) is 22.3 Å². The Morgan fingerprint density at radius 2 is 1.57 bits per heavy atom. The van der Waals surface area contributed by atoms with Gasteiger partial charge in [0.25, 0.3) is 0 Å². The lowest BCUT2D eigenvalue weighted by Gasteiger charge is -2.46. The monoisotopic (exact) mass is 656 g/mol. The van der Waals surface area contributed by atoms with Crippen molar-refractivity contribution in [3.63, 3.8) is 0 Å². The highest BCUT2D eigenvalue weighted by molar-refractivity contribution is 6.05. The van der Waals surface area contributed by atoms with Crippen molar-refractivity contribution in [1.29, 1.82) is 0 Å². The molecular weight excluding hydrogens is 616 g/mol. The number of aromatic nitrogens is 4. The summed E-state index contributed by atoms with van der Waals surface area (Å²) in [5.74, 6) is 1.51. The first-order chi connectivity index (χ1) is 23.5. The molecule has 2 aromatic heterocycles. The van der Waals surface area contributed by atoms with Gasteiger partial charge < -0.3 is 19.8 Å². The number of H-pyrrole nitrogens is 2. The van der Waals surface area contributed by atoms with E-state index in [2.05, 4.69) is 70.6 Å². The smallest absolute Gasteiger partial charge is 0.410 e. The van der Waals surface area contributed by atoms with E-state index < -0.39 is 17.2 Å². The second kappa shape index (κ2) is 11.4. The Morgan fingerprint density at radius 1 is 0.878 bits per heavy atom.